The summed E-state index contributed by atoms with van der Waals surface area (Å²) in [6.45, 7) is 0.367. The van der Waals surface area contributed by atoms with Gasteiger partial charge in [-0.3, -0.25) is 14.9 Å². The van der Waals surface area contributed by atoms with E-state index in [1.165, 1.54) is 41.5 Å². The second kappa shape index (κ2) is 8.34. The minimum absolute atomic E-state index is 0.171. The highest BCUT2D eigenvalue weighted by atomic mass is 19.1. The molecule has 144 valence electrons. The van der Waals surface area contributed by atoms with Gasteiger partial charge in [-0.2, -0.15) is 0 Å². The molecule has 0 spiro atoms. The lowest BCUT2D eigenvalue weighted by atomic mass is 10.1. The maximum absolute atomic E-state index is 13.2. The Labute approximate surface area is 160 Å². The molecule has 1 aromatic heterocycles. The third-order valence-corrected chi connectivity index (χ3v) is 4.21. The number of carbonyl (C=O) groups is 1. The zero-order valence-corrected chi connectivity index (χ0v) is 15.1. The van der Waals surface area contributed by atoms with Crippen molar-refractivity contribution in [2.45, 2.75) is 13.1 Å². The number of hydrogen-bond acceptors (Lipinski definition) is 5. The van der Waals surface area contributed by atoms with Crippen molar-refractivity contribution < 1.29 is 18.5 Å². The van der Waals surface area contributed by atoms with E-state index < -0.39 is 10.8 Å². The highest BCUT2D eigenvalue weighted by Gasteiger charge is 2.22. The van der Waals surface area contributed by atoms with Crippen LogP contribution in [0.15, 0.2) is 65.3 Å². The summed E-state index contributed by atoms with van der Waals surface area (Å²) in [7, 11) is 1.57. The Morgan fingerprint density at radius 2 is 1.93 bits per heavy atom. The molecule has 0 saturated heterocycles. The number of nitrogens with one attached hydrogen (secondary N) is 1. The summed E-state index contributed by atoms with van der Waals surface area (Å²) < 4.78 is 18.5. The van der Waals surface area contributed by atoms with Crippen LogP contribution in [0.25, 0.3) is 0 Å². The molecule has 28 heavy (non-hydrogen) atoms. The second-order valence-corrected chi connectivity index (χ2v) is 6.11. The molecule has 0 bridgehead atoms. The Balaban J connectivity index is 1.92. The molecule has 1 heterocycles. The largest absolute Gasteiger partial charge is 0.467 e. The van der Waals surface area contributed by atoms with Crippen LogP contribution in [0.4, 0.5) is 15.8 Å². The normalized spacial score (nSPS) is 10.5. The number of furan rings is 1. The van der Waals surface area contributed by atoms with Crippen LogP contribution in [0, 0.1) is 15.9 Å². The summed E-state index contributed by atoms with van der Waals surface area (Å²) in [5, 5.41) is 14.0. The highest BCUT2D eigenvalue weighted by molar-refractivity contribution is 5.95. The van der Waals surface area contributed by atoms with Gasteiger partial charge in [0.1, 0.15) is 17.3 Å². The summed E-state index contributed by atoms with van der Waals surface area (Å²) in [6, 6.07) is 13.5. The van der Waals surface area contributed by atoms with Crippen molar-refractivity contribution in [2.24, 2.45) is 0 Å². The van der Waals surface area contributed by atoms with Gasteiger partial charge in [-0.15, -0.1) is 0 Å². The summed E-state index contributed by atoms with van der Waals surface area (Å²) >= 11 is 0. The molecule has 0 radical (unpaired) electrons. The van der Waals surface area contributed by atoms with Crippen LogP contribution in [-0.4, -0.2) is 22.8 Å². The van der Waals surface area contributed by atoms with Crippen LogP contribution >= 0.6 is 0 Å². The second-order valence-electron chi connectivity index (χ2n) is 6.11. The van der Waals surface area contributed by atoms with Gasteiger partial charge < -0.3 is 14.6 Å². The number of halogens is 1. The first kappa shape index (κ1) is 19.1. The van der Waals surface area contributed by atoms with Gasteiger partial charge in [-0.1, -0.05) is 12.1 Å². The molecule has 0 saturated carbocycles. The minimum Gasteiger partial charge on any atom is -0.467 e. The van der Waals surface area contributed by atoms with Gasteiger partial charge in [-0.25, -0.2) is 4.39 Å². The Kier molecular flexibility index (Phi) is 5.69. The van der Waals surface area contributed by atoms with Gasteiger partial charge in [0.25, 0.3) is 11.6 Å². The quantitative estimate of drug-likeness (QED) is 0.488. The fraction of sp³-hybridized carbons (Fsp3) is 0.150. The smallest absolute Gasteiger partial charge is 0.293 e. The average Bonchev–Trinajstić information content (AvgIpc) is 3.21. The number of amides is 1. The number of nitrogens with zero attached hydrogens (tertiary/aromatic N) is 2. The van der Waals surface area contributed by atoms with E-state index in [2.05, 4.69) is 5.32 Å². The molecule has 0 unspecified atom stereocenters. The Bertz CT molecular complexity index is 972. The number of nitro benzene ring substituents is 1. The summed E-state index contributed by atoms with van der Waals surface area (Å²) in [4.78, 5) is 25.3. The first-order chi connectivity index (χ1) is 13.5. The van der Waals surface area contributed by atoms with Crippen molar-refractivity contribution in [3.63, 3.8) is 0 Å². The third-order valence-electron chi connectivity index (χ3n) is 4.21. The summed E-state index contributed by atoms with van der Waals surface area (Å²) in [5.41, 5.74) is 1.03. The van der Waals surface area contributed by atoms with Crippen molar-refractivity contribution >= 4 is 17.3 Å². The number of rotatable bonds is 7. The minimum atomic E-state index is -0.542. The van der Waals surface area contributed by atoms with Gasteiger partial charge in [0.15, 0.2) is 0 Å². The summed E-state index contributed by atoms with van der Waals surface area (Å²) in [5.74, 6) is -0.200. The molecule has 3 rings (SSSR count). The van der Waals surface area contributed by atoms with E-state index in [9.17, 15) is 19.3 Å². The lowest BCUT2D eigenvalue weighted by molar-refractivity contribution is -0.384. The van der Waals surface area contributed by atoms with E-state index >= 15 is 0 Å². The monoisotopic (exact) mass is 383 g/mol. The first-order valence-electron chi connectivity index (χ1n) is 8.50. The van der Waals surface area contributed by atoms with E-state index in [4.69, 9.17) is 4.42 Å². The molecule has 0 aliphatic heterocycles. The molecule has 0 fully saturated rings. The standard InChI is InChI=1S/C20H18FN3O4/c1-22-18-9-6-15(11-19(18)24(26)27)20(25)23(13-17-3-2-10-28-17)12-14-4-7-16(21)8-5-14/h2-11,22H,12-13H2,1H3. The van der Waals surface area contributed by atoms with Crippen molar-refractivity contribution in [3.05, 3.63) is 93.7 Å². The van der Waals surface area contributed by atoms with E-state index in [1.54, 1.807) is 31.3 Å². The van der Waals surface area contributed by atoms with Crippen molar-refractivity contribution in [1.29, 1.82) is 0 Å². The fourth-order valence-electron chi connectivity index (χ4n) is 2.81. The Hall–Kier alpha value is -3.68. The van der Waals surface area contributed by atoms with Crippen molar-refractivity contribution in [1.82, 2.24) is 4.90 Å². The molecule has 0 atom stereocenters. The van der Waals surface area contributed by atoms with Crippen LogP contribution in [-0.2, 0) is 13.1 Å². The molecule has 1 N–H and O–H groups in total. The molecular weight excluding hydrogens is 365 g/mol. The molecule has 3 aromatic rings. The highest BCUT2D eigenvalue weighted by Crippen LogP contribution is 2.26. The van der Waals surface area contributed by atoms with Gasteiger partial charge >= 0.3 is 0 Å². The number of hydrogen-bond donors (Lipinski definition) is 1. The molecule has 0 aliphatic rings. The lowest BCUT2D eigenvalue weighted by Crippen LogP contribution is -2.30. The predicted molar refractivity (Wildman–Crippen MR) is 101 cm³/mol. The van der Waals surface area contributed by atoms with E-state index in [0.717, 1.165) is 5.56 Å². The SMILES string of the molecule is CNc1ccc(C(=O)N(Cc2ccc(F)cc2)Cc2ccco2)cc1[N+](=O)[O-]. The van der Waals surface area contributed by atoms with E-state index in [-0.39, 0.29) is 30.2 Å². The third kappa shape index (κ3) is 4.35. The van der Waals surface area contributed by atoms with Crippen LogP contribution in [0.1, 0.15) is 21.7 Å². The summed E-state index contributed by atoms with van der Waals surface area (Å²) in [6.07, 6.45) is 1.50. The topological polar surface area (TPSA) is 88.6 Å². The Morgan fingerprint density at radius 3 is 2.54 bits per heavy atom. The zero-order chi connectivity index (χ0) is 20.1. The van der Waals surface area contributed by atoms with Gasteiger partial charge in [0.2, 0.25) is 0 Å². The molecule has 1 amide bonds. The average molecular weight is 383 g/mol. The molecule has 0 aliphatic carbocycles. The predicted octanol–water partition coefficient (Wildman–Crippen LogP) is 4.21. The molecule has 8 heteroatoms. The van der Waals surface area contributed by atoms with Gasteiger partial charge in [0, 0.05) is 25.2 Å². The van der Waals surface area contributed by atoms with Crippen molar-refractivity contribution in [2.75, 3.05) is 12.4 Å². The number of anilines is 1. The maximum Gasteiger partial charge on any atom is 0.293 e. The van der Waals surface area contributed by atoms with Crippen LogP contribution in [0.2, 0.25) is 0 Å². The van der Waals surface area contributed by atoms with E-state index in [1.807, 2.05) is 0 Å². The molecule has 2 aromatic carbocycles. The molecule has 7 nitrogen and oxygen atoms in total. The zero-order valence-electron chi connectivity index (χ0n) is 15.1. The van der Waals surface area contributed by atoms with E-state index in [0.29, 0.717) is 11.4 Å². The van der Waals surface area contributed by atoms with Crippen LogP contribution in [0.3, 0.4) is 0 Å². The van der Waals surface area contributed by atoms with Crippen molar-refractivity contribution in [3.8, 4) is 0 Å². The first-order valence-corrected chi connectivity index (χ1v) is 8.50. The van der Waals surface area contributed by atoms with Crippen LogP contribution < -0.4 is 5.32 Å². The molecular formula is C20H18FN3O4. The van der Waals surface area contributed by atoms with Crippen LogP contribution in [0.5, 0.6) is 0 Å². The Morgan fingerprint density at radius 1 is 1.18 bits per heavy atom. The van der Waals surface area contributed by atoms with Gasteiger partial charge in [-0.05, 0) is 42.0 Å². The fourth-order valence-corrected chi connectivity index (χ4v) is 2.81. The number of nitro groups is 1. The lowest BCUT2D eigenvalue weighted by Gasteiger charge is -2.22. The van der Waals surface area contributed by atoms with Gasteiger partial charge in [0.05, 0.1) is 17.7 Å². The number of carbonyl (C=O) groups excluding carboxylic acids is 1. The maximum atomic E-state index is 13.2. The number of benzene rings is 2.